The van der Waals surface area contributed by atoms with Crippen molar-refractivity contribution < 1.29 is 4.74 Å². The Labute approximate surface area is 139 Å². The molecule has 0 fully saturated rings. The number of hydrogen-bond donors (Lipinski definition) is 0. The van der Waals surface area contributed by atoms with Crippen LogP contribution >= 0.6 is 11.8 Å². The summed E-state index contributed by atoms with van der Waals surface area (Å²) in [5, 5.41) is 11.9. The van der Waals surface area contributed by atoms with Gasteiger partial charge in [-0.3, -0.25) is 0 Å². The van der Waals surface area contributed by atoms with Gasteiger partial charge in [0.15, 0.2) is 5.82 Å². The van der Waals surface area contributed by atoms with Gasteiger partial charge in [-0.15, -0.1) is 5.10 Å². The summed E-state index contributed by atoms with van der Waals surface area (Å²) in [6, 6.07) is 18.0. The number of rotatable bonds is 7. The SMILES string of the molecule is Cc1ccc(OCCSCc2nnnn2-c2ccccc2)cc1. The fraction of sp³-hybridized carbons (Fsp3) is 0.235. The molecule has 0 aliphatic rings. The van der Waals surface area contributed by atoms with E-state index in [4.69, 9.17) is 4.74 Å². The van der Waals surface area contributed by atoms with Gasteiger partial charge >= 0.3 is 0 Å². The molecule has 3 aromatic rings. The zero-order chi connectivity index (χ0) is 15.9. The molecule has 0 aliphatic carbocycles. The number of nitrogens with zero attached hydrogens (tertiary/aromatic N) is 4. The molecule has 6 heteroatoms. The molecule has 1 heterocycles. The molecule has 3 rings (SSSR count). The van der Waals surface area contributed by atoms with E-state index >= 15 is 0 Å². The fourth-order valence-corrected chi connectivity index (χ4v) is 2.79. The maximum Gasteiger partial charge on any atom is 0.166 e. The Morgan fingerprint density at radius 1 is 1.04 bits per heavy atom. The molecule has 0 atom stereocenters. The highest BCUT2D eigenvalue weighted by atomic mass is 32.2. The van der Waals surface area contributed by atoms with E-state index in [0.717, 1.165) is 28.8 Å². The summed E-state index contributed by atoms with van der Waals surface area (Å²) in [6.45, 7) is 2.73. The first-order valence-corrected chi connectivity index (χ1v) is 8.58. The van der Waals surface area contributed by atoms with Crippen molar-refractivity contribution in [2.24, 2.45) is 0 Å². The van der Waals surface area contributed by atoms with Crippen molar-refractivity contribution >= 4 is 11.8 Å². The highest BCUT2D eigenvalue weighted by molar-refractivity contribution is 7.98. The van der Waals surface area contributed by atoms with Crippen molar-refractivity contribution in [1.82, 2.24) is 20.2 Å². The third kappa shape index (κ3) is 4.32. The van der Waals surface area contributed by atoms with Gasteiger partial charge < -0.3 is 4.74 Å². The number of aryl methyl sites for hydroxylation is 1. The molecule has 0 N–H and O–H groups in total. The maximum absolute atomic E-state index is 5.72. The van der Waals surface area contributed by atoms with Crippen molar-refractivity contribution in [3.63, 3.8) is 0 Å². The first-order valence-electron chi connectivity index (χ1n) is 7.43. The standard InChI is InChI=1S/C17H18N4OS/c1-14-7-9-16(10-8-14)22-11-12-23-13-17-18-19-20-21(17)15-5-3-2-4-6-15/h2-10H,11-13H2,1H3. The quantitative estimate of drug-likeness (QED) is 0.624. The van der Waals surface area contributed by atoms with Crippen molar-refractivity contribution in [1.29, 1.82) is 0 Å². The van der Waals surface area contributed by atoms with Crippen molar-refractivity contribution in [2.75, 3.05) is 12.4 Å². The Morgan fingerprint density at radius 2 is 1.83 bits per heavy atom. The van der Waals surface area contributed by atoms with Gasteiger partial charge in [-0.05, 0) is 41.6 Å². The zero-order valence-corrected chi connectivity index (χ0v) is 13.7. The lowest BCUT2D eigenvalue weighted by Gasteiger charge is -2.07. The van der Waals surface area contributed by atoms with Gasteiger partial charge in [-0.2, -0.15) is 16.4 Å². The monoisotopic (exact) mass is 326 g/mol. The van der Waals surface area contributed by atoms with Gasteiger partial charge in [0, 0.05) is 5.75 Å². The van der Waals surface area contributed by atoms with E-state index in [0.29, 0.717) is 6.61 Å². The lowest BCUT2D eigenvalue weighted by atomic mass is 10.2. The molecular weight excluding hydrogens is 308 g/mol. The van der Waals surface area contributed by atoms with E-state index in [1.54, 1.807) is 16.4 Å². The smallest absolute Gasteiger partial charge is 0.166 e. The number of aromatic nitrogens is 4. The van der Waals surface area contributed by atoms with Crippen LogP contribution in [0, 0.1) is 6.92 Å². The Balaban J connectivity index is 1.46. The van der Waals surface area contributed by atoms with Crippen LogP contribution in [0.5, 0.6) is 5.75 Å². The van der Waals surface area contributed by atoms with E-state index in [-0.39, 0.29) is 0 Å². The largest absolute Gasteiger partial charge is 0.493 e. The Hall–Kier alpha value is -2.34. The topological polar surface area (TPSA) is 52.8 Å². The summed E-state index contributed by atoms with van der Waals surface area (Å²) in [7, 11) is 0. The molecule has 0 radical (unpaired) electrons. The summed E-state index contributed by atoms with van der Waals surface area (Å²) >= 11 is 1.75. The number of para-hydroxylation sites is 1. The van der Waals surface area contributed by atoms with E-state index in [1.165, 1.54) is 5.56 Å². The minimum absolute atomic E-state index is 0.667. The van der Waals surface area contributed by atoms with Crippen molar-refractivity contribution in [3.05, 3.63) is 66.0 Å². The molecule has 0 saturated carbocycles. The first kappa shape index (κ1) is 15.6. The minimum Gasteiger partial charge on any atom is -0.493 e. The van der Waals surface area contributed by atoms with Crippen LogP contribution in [0.1, 0.15) is 11.4 Å². The highest BCUT2D eigenvalue weighted by Gasteiger charge is 2.07. The van der Waals surface area contributed by atoms with Crippen LogP contribution in [0.3, 0.4) is 0 Å². The lowest BCUT2D eigenvalue weighted by molar-refractivity contribution is 0.344. The fourth-order valence-electron chi connectivity index (χ4n) is 2.08. The van der Waals surface area contributed by atoms with Crippen molar-refractivity contribution in [2.45, 2.75) is 12.7 Å². The second kappa shape index (κ2) is 7.78. The molecule has 1 aromatic heterocycles. The van der Waals surface area contributed by atoms with Crippen molar-refractivity contribution in [3.8, 4) is 11.4 Å². The van der Waals surface area contributed by atoms with E-state index in [9.17, 15) is 0 Å². The summed E-state index contributed by atoms with van der Waals surface area (Å²) in [5.74, 6) is 3.39. The summed E-state index contributed by atoms with van der Waals surface area (Å²) in [6.07, 6.45) is 0. The molecule has 0 aliphatic heterocycles. The minimum atomic E-state index is 0.667. The van der Waals surface area contributed by atoms with Gasteiger partial charge in [-0.1, -0.05) is 35.9 Å². The van der Waals surface area contributed by atoms with E-state index < -0.39 is 0 Å². The second-order valence-corrected chi connectivity index (χ2v) is 6.16. The Morgan fingerprint density at radius 3 is 2.61 bits per heavy atom. The third-order valence-corrected chi connectivity index (χ3v) is 4.20. The van der Waals surface area contributed by atoms with Gasteiger partial charge in [0.05, 0.1) is 18.0 Å². The molecular formula is C17H18N4OS. The van der Waals surface area contributed by atoms with Crippen LogP contribution in [-0.2, 0) is 5.75 Å². The molecule has 0 spiro atoms. The van der Waals surface area contributed by atoms with Gasteiger partial charge in [-0.25, -0.2) is 0 Å². The Bertz CT molecular complexity index is 728. The van der Waals surface area contributed by atoms with Gasteiger partial charge in [0.25, 0.3) is 0 Å². The van der Waals surface area contributed by atoms with Gasteiger partial charge in [0.2, 0.25) is 0 Å². The van der Waals surface area contributed by atoms with Crippen LogP contribution in [0.25, 0.3) is 5.69 Å². The molecule has 0 saturated heterocycles. The molecule has 5 nitrogen and oxygen atoms in total. The summed E-state index contributed by atoms with van der Waals surface area (Å²) in [4.78, 5) is 0. The predicted octanol–water partition coefficient (Wildman–Crippen LogP) is 3.28. The zero-order valence-electron chi connectivity index (χ0n) is 12.9. The molecule has 0 unspecified atom stereocenters. The predicted molar refractivity (Wildman–Crippen MR) is 92.0 cm³/mol. The van der Waals surface area contributed by atoms with E-state index in [2.05, 4.69) is 34.6 Å². The van der Waals surface area contributed by atoms with Crippen LogP contribution < -0.4 is 4.74 Å². The number of tetrazole rings is 1. The molecule has 23 heavy (non-hydrogen) atoms. The molecule has 0 amide bonds. The Kier molecular flexibility index (Phi) is 5.26. The molecule has 0 bridgehead atoms. The van der Waals surface area contributed by atoms with Gasteiger partial charge in [0.1, 0.15) is 5.75 Å². The number of benzene rings is 2. The molecule has 118 valence electrons. The number of hydrogen-bond acceptors (Lipinski definition) is 5. The van der Waals surface area contributed by atoms with Crippen LogP contribution in [0.15, 0.2) is 54.6 Å². The first-order chi connectivity index (χ1) is 11.3. The lowest BCUT2D eigenvalue weighted by Crippen LogP contribution is -2.04. The number of ether oxygens (including phenoxy) is 1. The number of thioether (sulfide) groups is 1. The highest BCUT2D eigenvalue weighted by Crippen LogP contribution is 2.15. The summed E-state index contributed by atoms with van der Waals surface area (Å²) < 4.78 is 7.49. The second-order valence-electron chi connectivity index (χ2n) is 5.06. The normalized spacial score (nSPS) is 10.7. The van der Waals surface area contributed by atoms with Crippen LogP contribution in [0.2, 0.25) is 0 Å². The maximum atomic E-state index is 5.72. The average molecular weight is 326 g/mol. The van der Waals surface area contributed by atoms with Crippen LogP contribution in [0.4, 0.5) is 0 Å². The average Bonchev–Trinajstić information content (AvgIpc) is 3.05. The van der Waals surface area contributed by atoms with E-state index in [1.807, 2.05) is 42.5 Å². The summed E-state index contributed by atoms with van der Waals surface area (Å²) in [5.41, 5.74) is 2.21. The third-order valence-electron chi connectivity index (χ3n) is 3.28. The molecule has 2 aromatic carbocycles. The van der Waals surface area contributed by atoms with Crippen LogP contribution in [-0.4, -0.2) is 32.6 Å².